The minimum Gasteiger partial charge on any atom is -0.480 e. The maximum atomic E-state index is 11.3. The van der Waals surface area contributed by atoms with Crippen molar-refractivity contribution in [2.24, 2.45) is 5.92 Å². The van der Waals surface area contributed by atoms with Gasteiger partial charge in [0.15, 0.2) is 0 Å². The van der Waals surface area contributed by atoms with Crippen LogP contribution in [0.1, 0.15) is 39.0 Å². The molecule has 0 aromatic heterocycles. The van der Waals surface area contributed by atoms with Gasteiger partial charge in [0.1, 0.15) is 6.04 Å². The first-order valence-corrected chi connectivity index (χ1v) is 5.15. The third-order valence-corrected chi connectivity index (χ3v) is 2.52. The zero-order valence-electron chi connectivity index (χ0n) is 8.45. The van der Waals surface area contributed by atoms with E-state index in [1.54, 1.807) is 6.92 Å². The fourth-order valence-corrected chi connectivity index (χ4v) is 1.35. The largest absolute Gasteiger partial charge is 0.480 e. The number of hydrogen-bond donors (Lipinski definition) is 2. The van der Waals surface area contributed by atoms with Crippen LogP contribution in [0.25, 0.3) is 0 Å². The molecule has 4 heteroatoms. The maximum Gasteiger partial charge on any atom is 0.326 e. The standard InChI is InChI=1S/C10H17NO3/c1-2-8(10(13)14)11-9(12)6-5-7-3-4-7/h7-8H,2-6H2,1H3,(H,11,12)(H,13,14). The van der Waals surface area contributed by atoms with E-state index in [2.05, 4.69) is 5.32 Å². The number of amides is 1. The van der Waals surface area contributed by atoms with Crippen LogP contribution in [0.3, 0.4) is 0 Å². The van der Waals surface area contributed by atoms with Crippen LogP contribution in [0.2, 0.25) is 0 Å². The summed E-state index contributed by atoms with van der Waals surface area (Å²) in [6, 6.07) is -0.721. The Hall–Kier alpha value is -1.06. The molecule has 80 valence electrons. The van der Waals surface area contributed by atoms with Crippen LogP contribution in [-0.4, -0.2) is 23.0 Å². The molecular formula is C10H17NO3. The Morgan fingerprint density at radius 2 is 2.14 bits per heavy atom. The normalized spacial score (nSPS) is 17.5. The van der Waals surface area contributed by atoms with Crippen molar-refractivity contribution in [1.82, 2.24) is 5.32 Å². The predicted octanol–water partition coefficient (Wildman–Crippen LogP) is 1.16. The summed E-state index contributed by atoms with van der Waals surface area (Å²) in [5, 5.41) is 11.2. The third kappa shape index (κ3) is 3.77. The average molecular weight is 199 g/mol. The number of hydrogen-bond acceptors (Lipinski definition) is 2. The van der Waals surface area contributed by atoms with Gasteiger partial charge in [-0.25, -0.2) is 4.79 Å². The summed E-state index contributed by atoms with van der Waals surface area (Å²) >= 11 is 0. The lowest BCUT2D eigenvalue weighted by molar-refractivity contribution is -0.141. The average Bonchev–Trinajstić information content (AvgIpc) is 2.93. The quantitative estimate of drug-likeness (QED) is 0.674. The zero-order valence-corrected chi connectivity index (χ0v) is 8.45. The summed E-state index contributed by atoms with van der Waals surface area (Å²) < 4.78 is 0. The molecule has 0 radical (unpaired) electrons. The predicted molar refractivity (Wildman–Crippen MR) is 51.8 cm³/mol. The number of carboxylic acids is 1. The van der Waals surface area contributed by atoms with E-state index in [0.29, 0.717) is 18.8 Å². The van der Waals surface area contributed by atoms with Crippen LogP contribution in [0.4, 0.5) is 0 Å². The summed E-state index contributed by atoms with van der Waals surface area (Å²) in [4.78, 5) is 21.9. The Labute approximate surface area is 83.7 Å². The molecule has 14 heavy (non-hydrogen) atoms. The summed E-state index contributed by atoms with van der Waals surface area (Å²) in [7, 11) is 0. The van der Waals surface area contributed by atoms with Gasteiger partial charge >= 0.3 is 5.97 Å². The molecule has 0 aliphatic heterocycles. The van der Waals surface area contributed by atoms with Gasteiger partial charge < -0.3 is 10.4 Å². The van der Waals surface area contributed by atoms with E-state index in [0.717, 1.165) is 6.42 Å². The molecule has 0 bridgehead atoms. The highest BCUT2D eigenvalue weighted by Gasteiger charge is 2.23. The molecule has 0 aromatic rings. The molecular weight excluding hydrogens is 182 g/mol. The van der Waals surface area contributed by atoms with Gasteiger partial charge in [-0.2, -0.15) is 0 Å². The fourth-order valence-electron chi connectivity index (χ4n) is 1.35. The van der Waals surface area contributed by atoms with Gasteiger partial charge in [0.2, 0.25) is 5.91 Å². The first-order chi connectivity index (χ1) is 6.63. The molecule has 1 unspecified atom stereocenters. The van der Waals surface area contributed by atoms with Crippen molar-refractivity contribution in [2.45, 2.75) is 45.1 Å². The number of carbonyl (C=O) groups excluding carboxylic acids is 1. The van der Waals surface area contributed by atoms with E-state index in [1.165, 1.54) is 12.8 Å². The minimum absolute atomic E-state index is 0.133. The molecule has 1 saturated carbocycles. The highest BCUT2D eigenvalue weighted by Crippen LogP contribution is 2.33. The summed E-state index contributed by atoms with van der Waals surface area (Å²) in [5.74, 6) is -0.371. The van der Waals surface area contributed by atoms with E-state index >= 15 is 0 Å². The van der Waals surface area contributed by atoms with Crippen molar-refractivity contribution in [3.63, 3.8) is 0 Å². The second kappa shape index (κ2) is 4.98. The Morgan fingerprint density at radius 1 is 1.50 bits per heavy atom. The zero-order chi connectivity index (χ0) is 10.6. The van der Waals surface area contributed by atoms with Crippen molar-refractivity contribution in [3.05, 3.63) is 0 Å². The number of aliphatic carboxylic acids is 1. The number of carbonyl (C=O) groups is 2. The van der Waals surface area contributed by atoms with Gasteiger partial charge in [-0.3, -0.25) is 4.79 Å². The Bertz CT molecular complexity index is 223. The fraction of sp³-hybridized carbons (Fsp3) is 0.800. The maximum absolute atomic E-state index is 11.3. The Balaban J connectivity index is 2.19. The van der Waals surface area contributed by atoms with Gasteiger partial charge in [0.05, 0.1) is 0 Å². The molecule has 1 fully saturated rings. The van der Waals surface area contributed by atoms with Crippen LogP contribution in [0, 0.1) is 5.92 Å². The second-order valence-electron chi connectivity index (χ2n) is 3.85. The third-order valence-electron chi connectivity index (χ3n) is 2.52. The number of carboxylic acid groups (broad SMARTS) is 1. The lowest BCUT2D eigenvalue weighted by Crippen LogP contribution is -2.40. The lowest BCUT2D eigenvalue weighted by Gasteiger charge is -2.11. The van der Waals surface area contributed by atoms with Crippen LogP contribution < -0.4 is 5.32 Å². The first kappa shape index (κ1) is 11.0. The van der Waals surface area contributed by atoms with E-state index in [9.17, 15) is 9.59 Å². The van der Waals surface area contributed by atoms with Crippen LogP contribution in [-0.2, 0) is 9.59 Å². The van der Waals surface area contributed by atoms with E-state index in [-0.39, 0.29) is 5.91 Å². The molecule has 1 amide bonds. The topological polar surface area (TPSA) is 66.4 Å². The summed E-state index contributed by atoms with van der Waals surface area (Å²) in [6.45, 7) is 1.75. The lowest BCUT2D eigenvalue weighted by atomic mass is 10.2. The van der Waals surface area contributed by atoms with Gasteiger partial charge in [-0.15, -0.1) is 0 Å². The molecule has 2 N–H and O–H groups in total. The summed E-state index contributed by atoms with van der Waals surface area (Å²) in [5.41, 5.74) is 0. The number of nitrogens with one attached hydrogen (secondary N) is 1. The van der Waals surface area contributed by atoms with E-state index in [1.807, 2.05) is 0 Å². The molecule has 0 heterocycles. The van der Waals surface area contributed by atoms with Crippen molar-refractivity contribution in [3.8, 4) is 0 Å². The van der Waals surface area contributed by atoms with Crippen LogP contribution in [0.5, 0.6) is 0 Å². The smallest absolute Gasteiger partial charge is 0.326 e. The second-order valence-corrected chi connectivity index (χ2v) is 3.85. The van der Waals surface area contributed by atoms with Gasteiger partial charge in [-0.05, 0) is 18.8 Å². The van der Waals surface area contributed by atoms with Crippen molar-refractivity contribution in [2.75, 3.05) is 0 Å². The molecule has 1 aliphatic rings. The molecule has 0 saturated heterocycles. The van der Waals surface area contributed by atoms with Crippen molar-refractivity contribution in [1.29, 1.82) is 0 Å². The number of rotatable bonds is 6. The summed E-state index contributed by atoms with van der Waals surface area (Å²) in [6.07, 6.45) is 4.26. The van der Waals surface area contributed by atoms with Gasteiger partial charge in [0, 0.05) is 6.42 Å². The van der Waals surface area contributed by atoms with E-state index < -0.39 is 12.0 Å². The molecule has 0 aromatic carbocycles. The van der Waals surface area contributed by atoms with Crippen LogP contribution in [0.15, 0.2) is 0 Å². The molecule has 1 atom stereocenters. The van der Waals surface area contributed by atoms with Gasteiger partial charge in [0.25, 0.3) is 0 Å². The van der Waals surface area contributed by atoms with Crippen molar-refractivity contribution >= 4 is 11.9 Å². The highest BCUT2D eigenvalue weighted by molar-refractivity contribution is 5.83. The Kier molecular flexibility index (Phi) is 3.92. The van der Waals surface area contributed by atoms with Crippen LogP contribution >= 0.6 is 0 Å². The highest BCUT2D eigenvalue weighted by atomic mass is 16.4. The molecule has 4 nitrogen and oxygen atoms in total. The molecule has 0 spiro atoms. The minimum atomic E-state index is -0.952. The molecule has 1 rings (SSSR count). The monoisotopic (exact) mass is 199 g/mol. The first-order valence-electron chi connectivity index (χ1n) is 5.15. The van der Waals surface area contributed by atoms with Crippen molar-refractivity contribution < 1.29 is 14.7 Å². The SMILES string of the molecule is CCC(NC(=O)CCC1CC1)C(=O)O. The van der Waals surface area contributed by atoms with Gasteiger partial charge in [-0.1, -0.05) is 19.8 Å². The molecule has 1 aliphatic carbocycles. The Morgan fingerprint density at radius 3 is 2.57 bits per heavy atom. The van der Waals surface area contributed by atoms with E-state index in [4.69, 9.17) is 5.11 Å².